The predicted molar refractivity (Wildman–Crippen MR) is 47.8 cm³/mol. The van der Waals surface area contributed by atoms with Gasteiger partial charge >= 0.3 is 0 Å². The lowest BCUT2D eigenvalue weighted by molar-refractivity contribution is 0.0844. The van der Waals surface area contributed by atoms with E-state index in [4.69, 9.17) is 4.74 Å². The third-order valence-electron chi connectivity index (χ3n) is 2.34. The molecule has 0 N–H and O–H groups in total. The van der Waals surface area contributed by atoms with Crippen molar-refractivity contribution in [2.45, 2.75) is 18.9 Å². The Balaban J connectivity index is 2.15. The van der Waals surface area contributed by atoms with Crippen LogP contribution in [0, 0.1) is 12.0 Å². The van der Waals surface area contributed by atoms with Crippen LogP contribution < -0.4 is 0 Å². The summed E-state index contributed by atoms with van der Waals surface area (Å²) >= 11 is 0. The van der Waals surface area contributed by atoms with Gasteiger partial charge in [-0.05, 0) is 30.4 Å². The van der Waals surface area contributed by atoms with Crippen LogP contribution in [-0.2, 0) is 4.74 Å². The van der Waals surface area contributed by atoms with E-state index in [1.807, 2.05) is 18.2 Å². The third-order valence-corrected chi connectivity index (χ3v) is 2.34. The molecule has 2 rings (SSSR count). The zero-order valence-corrected chi connectivity index (χ0v) is 7.29. The Bertz CT molecular complexity index is 238. The predicted octanol–water partition coefficient (Wildman–Crippen LogP) is 2.58. The molecule has 1 radical (unpaired) electrons. The van der Waals surface area contributed by atoms with E-state index in [2.05, 4.69) is 12.1 Å². The van der Waals surface area contributed by atoms with Gasteiger partial charge in [-0.1, -0.05) is 24.3 Å². The molecule has 0 heterocycles. The lowest BCUT2D eigenvalue weighted by Gasteiger charge is -2.13. The number of methoxy groups -OCH3 is 1. The molecular formula is C11H13O. The maximum atomic E-state index is 5.43. The van der Waals surface area contributed by atoms with E-state index in [0.29, 0.717) is 0 Å². The van der Waals surface area contributed by atoms with Crippen molar-refractivity contribution in [2.24, 2.45) is 5.92 Å². The normalized spacial score (nSPS) is 19.1. The molecule has 0 amide bonds. The highest BCUT2D eigenvalue weighted by Gasteiger charge is 2.32. The minimum absolute atomic E-state index is 0.284. The smallest absolute Gasteiger partial charge is 0.0855 e. The molecule has 1 saturated carbocycles. The first-order chi connectivity index (χ1) is 5.92. The van der Waals surface area contributed by atoms with Crippen molar-refractivity contribution in [2.75, 3.05) is 7.11 Å². The Hall–Kier alpha value is -0.820. The summed E-state index contributed by atoms with van der Waals surface area (Å²) in [7, 11) is 1.78. The molecule has 0 aromatic heterocycles. The van der Waals surface area contributed by atoms with Crippen LogP contribution in [0.25, 0.3) is 0 Å². The highest BCUT2D eigenvalue weighted by molar-refractivity contribution is 5.18. The molecule has 0 saturated heterocycles. The molecule has 0 spiro atoms. The fourth-order valence-corrected chi connectivity index (χ4v) is 1.56. The topological polar surface area (TPSA) is 9.23 Å². The first-order valence-electron chi connectivity index (χ1n) is 4.41. The molecule has 1 aliphatic carbocycles. The van der Waals surface area contributed by atoms with Crippen molar-refractivity contribution in [3.8, 4) is 0 Å². The van der Waals surface area contributed by atoms with Crippen LogP contribution >= 0.6 is 0 Å². The summed E-state index contributed by atoms with van der Waals surface area (Å²) in [5.74, 6) is 0.744. The van der Waals surface area contributed by atoms with Gasteiger partial charge in [0.2, 0.25) is 0 Å². The van der Waals surface area contributed by atoms with Gasteiger partial charge in [-0.2, -0.15) is 0 Å². The van der Waals surface area contributed by atoms with Crippen LogP contribution in [0.4, 0.5) is 0 Å². The van der Waals surface area contributed by atoms with Crippen molar-refractivity contribution in [1.82, 2.24) is 0 Å². The summed E-state index contributed by atoms with van der Waals surface area (Å²) in [6, 6.07) is 11.3. The van der Waals surface area contributed by atoms with Gasteiger partial charge in [0.25, 0.3) is 0 Å². The second-order valence-corrected chi connectivity index (χ2v) is 3.31. The fourth-order valence-electron chi connectivity index (χ4n) is 1.56. The summed E-state index contributed by atoms with van der Waals surface area (Å²) < 4.78 is 5.43. The summed E-state index contributed by atoms with van der Waals surface area (Å²) in [5.41, 5.74) is 1.20. The van der Waals surface area contributed by atoms with Gasteiger partial charge in [-0.3, -0.25) is 0 Å². The molecule has 1 aromatic carbocycles. The average molecular weight is 161 g/mol. The maximum Gasteiger partial charge on any atom is 0.0855 e. The number of rotatable bonds is 3. The molecular weight excluding hydrogens is 148 g/mol. The molecule has 0 bridgehead atoms. The van der Waals surface area contributed by atoms with Gasteiger partial charge in [-0.15, -0.1) is 0 Å². The van der Waals surface area contributed by atoms with Crippen LogP contribution in [0.2, 0.25) is 0 Å². The molecule has 63 valence electrons. The SMILES string of the molecule is COC(c1[c]cccc1)C1CC1. The average Bonchev–Trinajstić information content (AvgIpc) is 2.92. The largest absolute Gasteiger partial charge is 0.376 e. The quantitative estimate of drug-likeness (QED) is 0.662. The maximum absolute atomic E-state index is 5.43. The lowest BCUT2D eigenvalue weighted by atomic mass is 10.1. The second kappa shape index (κ2) is 3.28. The fraction of sp³-hybridized carbons (Fsp3) is 0.455. The van der Waals surface area contributed by atoms with Crippen LogP contribution in [0.15, 0.2) is 24.3 Å². The molecule has 1 heteroatoms. The molecule has 1 aliphatic rings. The zero-order valence-electron chi connectivity index (χ0n) is 7.29. The highest BCUT2D eigenvalue weighted by atomic mass is 16.5. The van der Waals surface area contributed by atoms with Gasteiger partial charge in [0, 0.05) is 7.11 Å². The Kier molecular flexibility index (Phi) is 2.13. The van der Waals surface area contributed by atoms with Crippen molar-refractivity contribution in [3.63, 3.8) is 0 Å². The standard InChI is InChI=1S/C11H13O/c1-12-11(10-7-8-10)9-5-3-2-4-6-9/h2-5,10-11H,7-8H2,1H3. The minimum atomic E-state index is 0.284. The van der Waals surface area contributed by atoms with Gasteiger partial charge in [-0.25, -0.2) is 0 Å². The van der Waals surface area contributed by atoms with Crippen LogP contribution in [0.1, 0.15) is 24.5 Å². The van der Waals surface area contributed by atoms with Crippen LogP contribution in [-0.4, -0.2) is 7.11 Å². The summed E-state index contributed by atoms with van der Waals surface area (Å²) in [6.07, 6.45) is 2.90. The van der Waals surface area contributed by atoms with E-state index >= 15 is 0 Å². The van der Waals surface area contributed by atoms with E-state index in [0.717, 1.165) is 5.92 Å². The minimum Gasteiger partial charge on any atom is -0.376 e. The van der Waals surface area contributed by atoms with Crippen molar-refractivity contribution < 1.29 is 4.74 Å². The van der Waals surface area contributed by atoms with E-state index < -0.39 is 0 Å². The number of benzene rings is 1. The molecule has 1 aromatic rings. The molecule has 1 atom stereocenters. The number of ether oxygens (including phenoxy) is 1. The first-order valence-corrected chi connectivity index (χ1v) is 4.41. The summed E-state index contributed by atoms with van der Waals surface area (Å²) in [5, 5.41) is 0. The molecule has 12 heavy (non-hydrogen) atoms. The van der Waals surface area contributed by atoms with E-state index in [9.17, 15) is 0 Å². The number of hydrogen-bond acceptors (Lipinski definition) is 1. The van der Waals surface area contributed by atoms with Gasteiger partial charge < -0.3 is 4.74 Å². The zero-order chi connectivity index (χ0) is 8.39. The molecule has 1 unspecified atom stereocenters. The Morgan fingerprint density at radius 3 is 2.83 bits per heavy atom. The van der Waals surface area contributed by atoms with Crippen molar-refractivity contribution >= 4 is 0 Å². The Labute approximate surface area is 73.4 Å². The molecule has 1 fully saturated rings. The van der Waals surface area contributed by atoms with Crippen LogP contribution in [0.3, 0.4) is 0 Å². The van der Waals surface area contributed by atoms with Gasteiger partial charge in [0.15, 0.2) is 0 Å². The monoisotopic (exact) mass is 161 g/mol. The second-order valence-electron chi connectivity index (χ2n) is 3.31. The van der Waals surface area contributed by atoms with Crippen molar-refractivity contribution in [1.29, 1.82) is 0 Å². The lowest BCUT2D eigenvalue weighted by Crippen LogP contribution is -2.03. The van der Waals surface area contributed by atoms with E-state index in [1.54, 1.807) is 7.11 Å². The van der Waals surface area contributed by atoms with E-state index in [-0.39, 0.29) is 6.10 Å². The Morgan fingerprint density at radius 2 is 2.33 bits per heavy atom. The molecule has 1 nitrogen and oxygen atoms in total. The molecule has 0 aliphatic heterocycles. The number of hydrogen-bond donors (Lipinski definition) is 0. The Morgan fingerprint density at radius 1 is 1.50 bits per heavy atom. The van der Waals surface area contributed by atoms with E-state index in [1.165, 1.54) is 18.4 Å². The summed E-state index contributed by atoms with van der Waals surface area (Å²) in [6.45, 7) is 0. The first kappa shape index (κ1) is 7.81. The highest BCUT2D eigenvalue weighted by Crippen LogP contribution is 2.42. The van der Waals surface area contributed by atoms with Crippen LogP contribution in [0.5, 0.6) is 0 Å². The third kappa shape index (κ3) is 1.51. The van der Waals surface area contributed by atoms with Gasteiger partial charge in [0.05, 0.1) is 6.10 Å². The van der Waals surface area contributed by atoms with Gasteiger partial charge in [0.1, 0.15) is 0 Å². The van der Waals surface area contributed by atoms with Crippen molar-refractivity contribution in [3.05, 3.63) is 35.9 Å². The summed E-state index contributed by atoms with van der Waals surface area (Å²) in [4.78, 5) is 0.